The van der Waals surface area contributed by atoms with Crippen LogP contribution in [-0.2, 0) is 11.3 Å². The minimum atomic E-state index is -0.286. The van der Waals surface area contributed by atoms with Gasteiger partial charge in [0.25, 0.3) is 5.91 Å². The number of carbonyl (C=O) groups is 1. The Hall–Kier alpha value is -2.48. The molecule has 0 radical (unpaired) electrons. The van der Waals surface area contributed by atoms with Crippen molar-refractivity contribution in [2.45, 2.75) is 19.5 Å². The van der Waals surface area contributed by atoms with Gasteiger partial charge in [-0.1, -0.05) is 0 Å². The number of amides is 1. The first-order valence-electron chi connectivity index (χ1n) is 6.83. The molecule has 0 aromatic carbocycles. The fourth-order valence-electron chi connectivity index (χ4n) is 1.97. The van der Waals surface area contributed by atoms with E-state index in [-0.39, 0.29) is 11.9 Å². The number of carbonyl (C=O) groups excluding carboxylic acids is 1. The van der Waals surface area contributed by atoms with Crippen molar-refractivity contribution in [3.05, 3.63) is 36.0 Å². The van der Waals surface area contributed by atoms with Crippen LogP contribution < -0.4 is 10.1 Å². The predicted molar refractivity (Wildman–Crippen MR) is 78.6 cm³/mol. The third-order valence-corrected chi connectivity index (χ3v) is 3.12. The number of nitrogens with one attached hydrogen (secondary N) is 1. The molecule has 0 saturated carbocycles. The lowest BCUT2D eigenvalue weighted by Crippen LogP contribution is -2.29. The molecular formula is C14H19N5O3. The maximum atomic E-state index is 12.3. The minimum Gasteiger partial charge on any atom is -0.481 e. The Labute approximate surface area is 128 Å². The summed E-state index contributed by atoms with van der Waals surface area (Å²) in [5, 5.41) is 10.8. The van der Waals surface area contributed by atoms with Crippen molar-refractivity contribution in [1.29, 1.82) is 0 Å². The molecule has 0 fully saturated rings. The highest BCUT2D eigenvalue weighted by Gasteiger charge is 2.17. The molecule has 0 unspecified atom stereocenters. The van der Waals surface area contributed by atoms with Crippen LogP contribution in [0.3, 0.4) is 0 Å². The van der Waals surface area contributed by atoms with E-state index in [0.29, 0.717) is 30.4 Å². The van der Waals surface area contributed by atoms with E-state index in [1.165, 1.54) is 13.3 Å². The number of rotatable bonds is 7. The normalized spacial score (nSPS) is 12.0. The Balaban J connectivity index is 2.06. The Morgan fingerprint density at radius 3 is 3.00 bits per heavy atom. The van der Waals surface area contributed by atoms with Crippen molar-refractivity contribution >= 4 is 5.91 Å². The highest BCUT2D eigenvalue weighted by atomic mass is 16.5. The largest absolute Gasteiger partial charge is 0.481 e. The van der Waals surface area contributed by atoms with E-state index in [1.807, 2.05) is 11.5 Å². The van der Waals surface area contributed by atoms with Crippen LogP contribution in [-0.4, -0.2) is 46.5 Å². The van der Waals surface area contributed by atoms with Crippen LogP contribution in [0.5, 0.6) is 5.88 Å². The van der Waals surface area contributed by atoms with Crippen molar-refractivity contribution in [3.63, 3.8) is 0 Å². The lowest BCUT2D eigenvalue weighted by Gasteiger charge is -2.15. The summed E-state index contributed by atoms with van der Waals surface area (Å²) in [5.41, 5.74) is 0.474. The number of aromatic nitrogens is 4. The Morgan fingerprint density at radius 2 is 2.27 bits per heavy atom. The summed E-state index contributed by atoms with van der Waals surface area (Å²) in [6.45, 7) is 3.03. The highest BCUT2D eigenvalue weighted by molar-refractivity contribution is 5.94. The molecule has 0 saturated heterocycles. The zero-order valence-electron chi connectivity index (χ0n) is 12.8. The number of nitrogens with zero attached hydrogens (tertiary/aromatic N) is 4. The number of hydrogen-bond donors (Lipinski definition) is 1. The van der Waals surface area contributed by atoms with Crippen molar-refractivity contribution in [2.75, 3.05) is 20.8 Å². The van der Waals surface area contributed by atoms with E-state index in [2.05, 4.69) is 20.5 Å². The van der Waals surface area contributed by atoms with Gasteiger partial charge < -0.3 is 19.4 Å². The average molecular weight is 305 g/mol. The van der Waals surface area contributed by atoms with E-state index in [1.54, 1.807) is 25.6 Å². The first-order chi connectivity index (χ1) is 10.7. The zero-order chi connectivity index (χ0) is 15.9. The van der Waals surface area contributed by atoms with Gasteiger partial charge in [-0.05, 0) is 13.0 Å². The summed E-state index contributed by atoms with van der Waals surface area (Å²) in [6.07, 6.45) is 3.14. The Kier molecular flexibility index (Phi) is 5.42. The molecule has 1 atom stereocenters. The van der Waals surface area contributed by atoms with Gasteiger partial charge in [0, 0.05) is 31.5 Å². The van der Waals surface area contributed by atoms with Crippen LogP contribution in [0.1, 0.15) is 29.1 Å². The van der Waals surface area contributed by atoms with Gasteiger partial charge in [0.1, 0.15) is 6.33 Å². The number of pyridine rings is 1. The summed E-state index contributed by atoms with van der Waals surface area (Å²) in [4.78, 5) is 16.2. The molecule has 1 amide bonds. The topological polar surface area (TPSA) is 91.2 Å². The van der Waals surface area contributed by atoms with E-state index >= 15 is 0 Å². The van der Waals surface area contributed by atoms with Gasteiger partial charge in [0.15, 0.2) is 5.82 Å². The van der Waals surface area contributed by atoms with Crippen LogP contribution >= 0.6 is 0 Å². The molecule has 8 nitrogen and oxygen atoms in total. The summed E-state index contributed by atoms with van der Waals surface area (Å²) >= 11 is 0. The molecular weight excluding hydrogens is 286 g/mol. The third kappa shape index (κ3) is 3.79. The van der Waals surface area contributed by atoms with Crippen LogP contribution in [0.4, 0.5) is 0 Å². The molecule has 0 spiro atoms. The summed E-state index contributed by atoms with van der Waals surface area (Å²) in [6, 6.07) is 2.92. The Morgan fingerprint density at radius 1 is 1.45 bits per heavy atom. The molecule has 2 aromatic rings. The first kappa shape index (κ1) is 15.9. The molecule has 0 aliphatic carbocycles. The zero-order valence-corrected chi connectivity index (χ0v) is 12.8. The fraction of sp³-hybridized carbons (Fsp3) is 0.429. The number of hydrogen-bond acceptors (Lipinski definition) is 6. The van der Waals surface area contributed by atoms with Crippen LogP contribution in [0.15, 0.2) is 24.7 Å². The molecule has 2 aromatic heterocycles. The maximum Gasteiger partial charge on any atom is 0.252 e. The van der Waals surface area contributed by atoms with Gasteiger partial charge in [0.05, 0.1) is 19.8 Å². The molecule has 2 rings (SSSR count). The van der Waals surface area contributed by atoms with Crippen molar-refractivity contribution in [1.82, 2.24) is 25.1 Å². The first-order valence-corrected chi connectivity index (χ1v) is 6.83. The maximum absolute atomic E-state index is 12.3. The standard InChI is InChI=1S/C14H19N5O3/c1-10(13-18-16-9-19(13)6-7-21-2)17-14(20)11-4-5-15-12(8-11)22-3/h4-5,8-10H,6-7H2,1-3H3,(H,17,20)/t10-/m0/s1. The Bertz CT molecular complexity index is 628. The van der Waals surface area contributed by atoms with Gasteiger partial charge in [-0.3, -0.25) is 4.79 Å². The minimum absolute atomic E-state index is 0.227. The molecule has 0 bridgehead atoms. The number of ether oxygens (including phenoxy) is 2. The summed E-state index contributed by atoms with van der Waals surface area (Å²) in [7, 11) is 3.14. The van der Waals surface area contributed by atoms with E-state index in [0.717, 1.165) is 0 Å². The molecule has 0 aliphatic rings. The molecule has 118 valence electrons. The van der Waals surface area contributed by atoms with Gasteiger partial charge >= 0.3 is 0 Å². The summed E-state index contributed by atoms with van der Waals surface area (Å²) in [5.74, 6) is 0.837. The fourth-order valence-corrected chi connectivity index (χ4v) is 1.97. The van der Waals surface area contributed by atoms with E-state index in [4.69, 9.17) is 9.47 Å². The molecule has 1 N–H and O–H groups in total. The second-order valence-corrected chi connectivity index (χ2v) is 4.66. The number of methoxy groups -OCH3 is 2. The lowest BCUT2D eigenvalue weighted by molar-refractivity contribution is 0.0936. The average Bonchev–Trinajstić information content (AvgIpc) is 3.01. The van der Waals surface area contributed by atoms with E-state index < -0.39 is 0 Å². The third-order valence-electron chi connectivity index (χ3n) is 3.12. The van der Waals surface area contributed by atoms with Gasteiger partial charge in [-0.25, -0.2) is 4.98 Å². The molecule has 8 heteroatoms. The molecule has 22 heavy (non-hydrogen) atoms. The van der Waals surface area contributed by atoms with Crippen LogP contribution in [0.2, 0.25) is 0 Å². The van der Waals surface area contributed by atoms with Crippen LogP contribution in [0, 0.1) is 0 Å². The van der Waals surface area contributed by atoms with Gasteiger partial charge in [0.2, 0.25) is 5.88 Å². The van der Waals surface area contributed by atoms with E-state index in [9.17, 15) is 4.79 Å². The molecule has 0 aliphatic heterocycles. The molecule has 2 heterocycles. The monoisotopic (exact) mass is 305 g/mol. The smallest absolute Gasteiger partial charge is 0.252 e. The van der Waals surface area contributed by atoms with Crippen molar-refractivity contribution < 1.29 is 14.3 Å². The SMILES string of the molecule is COCCn1cnnc1[C@H](C)NC(=O)c1ccnc(OC)c1. The predicted octanol–water partition coefficient (Wildman–Crippen LogP) is 0.819. The second-order valence-electron chi connectivity index (χ2n) is 4.66. The second kappa shape index (κ2) is 7.51. The summed E-state index contributed by atoms with van der Waals surface area (Å²) < 4.78 is 11.9. The quantitative estimate of drug-likeness (QED) is 0.814. The van der Waals surface area contributed by atoms with Gasteiger partial charge in [-0.15, -0.1) is 10.2 Å². The highest BCUT2D eigenvalue weighted by Crippen LogP contribution is 2.12. The van der Waals surface area contributed by atoms with Crippen LogP contribution in [0.25, 0.3) is 0 Å². The van der Waals surface area contributed by atoms with Gasteiger partial charge in [-0.2, -0.15) is 0 Å². The van der Waals surface area contributed by atoms with Crippen molar-refractivity contribution in [3.8, 4) is 5.88 Å². The van der Waals surface area contributed by atoms with Crippen molar-refractivity contribution in [2.24, 2.45) is 0 Å². The lowest BCUT2D eigenvalue weighted by atomic mass is 10.2.